The van der Waals surface area contributed by atoms with Gasteiger partial charge in [-0.1, -0.05) is 0 Å². The summed E-state index contributed by atoms with van der Waals surface area (Å²) in [6.07, 6.45) is 0.508. The molecule has 1 rings (SSSR count). The second kappa shape index (κ2) is 4.56. The highest BCUT2D eigenvalue weighted by molar-refractivity contribution is 7.50. The van der Waals surface area contributed by atoms with Crippen molar-refractivity contribution in [2.45, 2.75) is 6.16 Å². The molecule has 0 aliphatic heterocycles. The molecule has 0 saturated heterocycles. The first-order valence-electron chi connectivity index (χ1n) is 4.05. The van der Waals surface area contributed by atoms with Crippen molar-refractivity contribution in [2.24, 2.45) is 0 Å². The van der Waals surface area contributed by atoms with Crippen LogP contribution in [0, 0.1) is 10.1 Å². The van der Waals surface area contributed by atoms with Crippen molar-refractivity contribution in [3.63, 3.8) is 0 Å². The lowest BCUT2D eigenvalue weighted by molar-refractivity contribution is -0.390. The normalized spacial score (nSPS) is 11.2. The highest BCUT2D eigenvalue weighted by atomic mass is 31.2. The number of methoxy groups -OCH3 is 1. The third kappa shape index (κ3) is 3.27. The average Bonchev–Trinajstić information content (AvgIpc) is 2.14. The molecule has 0 aromatic carbocycles. The molecule has 1 heterocycles. The minimum atomic E-state index is -4.22. The molecule has 0 atom stereocenters. The SMILES string of the molecule is COc1cc(CP(=O)(O)O)cnc1[N+](=O)[O-]. The maximum absolute atomic E-state index is 10.7. The molecule has 0 fully saturated rings. The Hall–Kier alpha value is -1.50. The Balaban J connectivity index is 3.09. The summed E-state index contributed by atoms with van der Waals surface area (Å²) >= 11 is 0. The van der Waals surface area contributed by atoms with Crippen molar-refractivity contribution >= 4 is 13.4 Å². The van der Waals surface area contributed by atoms with E-state index in [9.17, 15) is 14.7 Å². The molecule has 1 aromatic heterocycles. The first-order valence-corrected chi connectivity index (χ1v) is 5.85. The number of rotatable bonds is 4. The first kappa shape index (κ1) is 12.6. The lowest BCUT2D eigenvalue weighted by Gasteiger charge is -2.04. The molecule has 0 spiro atoms. The molecule has 0 bridgehead atoms. The number of ether oxygens (including phenoxy) is 1. The fourth-order valence-corrected chi connectivity index (χ4v) is 1.74. The van der Waals surface area contributed by atoms with E-state index in [2.05, 4.69) is 4.98 Å². The lowest BCUT2D eigenvalue weighted by Crippen LogP contribution is -1.98. The molecule has 0 aliphatic rings. The monoisotopic (exact) mass is 248 g/mol. The van der Waals surface area contributed by atoms with Gasteiger partial charge in [0, 0.05) is 5.56 Å². The van der Waals surface area contributed by atoms with Gasteiger partial charge in [-0.05, 0) is 16.0 Å². The number of nitro groups is 1. The Morgan fingerprint density at radius 1 is 1.62 bits per heavy atom. The van der Waals surface area contributed by atoms with E-state index >= 15 is 0 Å². The van der Waals surface area contributed by atoms with Gasteiger partial charge in [-0.2, -0.15) is 0 Å². The van der Waals surface area contributed by atoms with E-state index < -0.39 is 24.5 Å². The van der Waals surface area contributed by atoms with Crippen LogP contribution in [-0.4, -0.2) is 26.8 Å². The van der Waals surface area contributed by atoms with Crippen LogP contribution in [-0.2, 0) is 10.7 Å². The van der Waals surface area contributed by atoms with Gasteiger partial charge >= 0.3 is 13.4 Å². The van der Waals surface area contributed by atoms with Crippen molar-refractivity contribution in [1.29, 1.82) is 0 Å². The van der Waals surface area contributed by atoms with Gasteiger partial charge in [0.2, 0.25) is 5.75 Å². The number of aromatic nitrogens is 1. The van der Waals surface area contributed by atoms with Crippen LogP contribution in [0.5, 0.6) is 5.75 Å². The summed E-state index contributed by atoms with van der Waals surface area (Å²) in [5, 5.41) is 10.5. The first-order chi connectivity index (χ1) is 7.33. The minimum absolute atomic E-state index is 0.129. The molecule has 0 aliphatic carbocycles. The van der Waals surface area contributed by atoms with Crippen molar-refractivity contribution in [3.05, 3.63) is 27.9 Å². The highest BCUT2D eigenvalue weighted by Crippen LogP contribution is 2.40. The van der Waals surface area contributed by atoms with E-state index in [4.69, 9.17) is 14.5 Å². The van der Waals surface area contributed by atoms with Crippen molar-refractivity contribution in [1.82, 2.24) is 4.98 Å². The fourth-order valence-electron chi connectivity index (χ4n) is 1.09. The summed E-state index contributed by atoms with van der Waals surface area (Å²) in [7, 11) is -3.01. The second-order valence-corrected chi connectivity index (χ2v) is 4.59. The summed E-state index contributed by atoms with van der Waals surface area (Å²) in [6, 6.07) is 1.18. The molecular formula is C7H9N2O6P. The average molecular weight is 248 g/mol. The molecule has 8 nitrogen and oxygen atoms in total. The second-order valence-electron chi connectivity index (χ2n) is 2.95. The summed E-state index contributed by atoms with van der Waals surface area (Å²) in [6.45, 7) is 0. The third-order valence-corrected chi connectivity index (χ3v) is 2.45. The molecule has 0 radical (unpaired) electrons. The van der Waals surface area contributed by atoms with Gasteiger partial charge in [-0.15, -0.1) is 0 Å². The van der Waals surface area contributed by atoms with Crippen LogP contribution in [0.25, 0.3) is 0 Å². The summed E-state index contributed by atoms with van der Waals surface area (Å²) in [5.41, 5.74) is 0.177. The molecule has 9 heteroatoms. The molecule has 2 N–H and O–H groups in total. The van der Waals surface area contributed by atoms with Crippen LogP contribution in [0.3, 0.4) is 0 Å². The van der Waals surface area contributed by atoms with E-state index in [0.717, 1.165) is 6.20 Å². The molecule has 0 unspecified atom stereocenters. The summed E-state index contributed by atoms with van der Waals surface area (Å²) < 4.78 is 15.4. The summed E-state index contributed by atoms with van der Waals surface area (Å²) in [5.74, 6) is -0.618. The lowest BCUT2D eigenvalue weighted by atomic mass is 10.3. The van der Waals surface area contributed by atoms with Gasteiger partial charge in [0.1, 0.15) is 6.20 Å². The van der Waals surface area contributed by atoms with Crippen molar-refractivity contribution < 1.29 is 24.0 Å². The van der Waals surface area contributed by atoms with Gasteiger partial charge in [-0.3, -0.25) is 4.57 Å². The maximum atomic E-state index is 10.7. The molecule has 0 saturated carbocycles. The van der Waals surface area contributed by atoms with Gasteiger partial charge in [0.05, 0.1) is 13.3 Å². The Morgan fingerprint density at radius 2 is 2.25 bits per heavy atom. The van der Waals surface area contributed by atoms with Gasteiger partial charge in [-0.25, -0.2) is 0 Å². The zero-order valence-electron chi connectivity index (χ0n) is 8.23. The predicted octanol–water partition coefficient (Wildman–Crippen LogP) is 0.676. The zero-order valence-corrected chi connectivity index (χ0v) is 9.13. The number of hydrogen-bond acceptors (Lipinski definition) is 5. The molecule has 88 valence electrons. The Labute approximate surface area is 90.2 Å². The standard InChI is InChI=1S/C7H9N2O6P/c1-15-6-2-5(4-16(12,13)14)3-8-7(6)9(10)11/h2-3H,4H2,1H3,(H2,12,13,14). The van der Waals surface area contributed by atoms with E-state index in [0.29, 0.717) is 0 Å². The van der Waals surface area contributed by atoms with E-state index in [1.807, 2.05) is 0 Å². The number of hydrogen-bond donors (Lipinski definition) is 2. The zero-order chi connectivity index (χ0) is 12.3. The fraction of sp³-hybridized carbons (Fsp3) is 0.286. The van der Waals surface area contributed by atoms with Gasteiger partial charge < -0.3 is 24.6 Å². The number of nitrogens with zero attached hydrogens (tertiary/aromatic N) is 2. The third-order valence-electron chi connectivity index (χ3n) is 1.67. The molecular weight excluding hydrogens is 239 g/mol. The Bertz CT molecular complexity index is 456. The minimum Gasteiger partial charge on any atom is -0.489 e. The van der Waals surface area contributed by atoms with Crippen LogP contribution < -0.4 is 4.74 Å². The Morgan fingerprint density at radius 3 is 2.69 bits per heavy atom. The van der Waals surface area contributed by atoms with Crippen LogP contribution in [0.15, 0.2) is 12.3 Å². The van der Waals surface area contributed by atoms with E-state index in [-0.39, 0.29) is 11.3 Å². The molecule has 0 amide bonds. The quantitative estimate of drug-likeness (QED) is 0.456. The number of pyridine rings is 1. The topological polar surface area (TPSA) is 123 Å². The summed E-state index contributed by atoms with van der Waals surface area (Å²) in [4.78, 5) is 30.7. The van der Waals surface area contributed by atoms with E-state index in [1.165, 1.54) is 13.2 Å². The van der Waals surface area contributed by atoms with E-state index in [1.54, 1.807) is 0 Å². The van der Waals surface area contributed by atoms with Crippen LogP contribution in [0.2, 0.25) is 0 Å². The van der Waals surface area contributed by atoms with Crippen LogP contribution >= 0.6 is 7.60 Å². The van der Waals surface area contributed by atoms with Crippen molar-refractivity contribution in [3.8, 4) is 5.75 Å². The Kier molecular flexibility index (Phi) is 3.58. The van der Waals surface area contributed by atoms with Gasteiger partial charge in [0.15, 0.2) is 0 Å². The van der Waals surface area contributed by atoms with Crippen molar-refractivity contribution in [2.75, 3.05) is 7.11 Å². The highest BCUT2D eigenvalue weighted by Gasteiger charge is 2.21. The predicted molar refractivity (Wildman–Crippen MR) is 53.2 cm³/mol. The molecule has 1 aromatic rings. The van der Waals surface area contributed by atoms with Gasteiger partial charge in [0.25, 0.3) is 0 Å². The maximum Gasteiger partial charge on any atom is 0.406 e. The molecule has 16 heavy (non-hydrogen) atoms. The van der Waals surface area contributed by atoms with Crippen LogP contribution in [0.4, 0.5) is 5.82 Å². The smallest absolute Gasteiger partial charge is 0.406 e. The van der Waals surface area contributed by atoms with Crippen LogP contribution in [0.1, 0.15) is 5.56 Å². The largest absolute Gasteiger partial charge is 0.489 e.